The molecule has 0 radical (unpaired) electrons. The predicted molar refractivity (Wildman–Crippen MR) is 114 cm³/mol. The molecule has 1 saturated heterocycles. The fourth-order valence-corrected chi connectivity index (χ4v) is 5.42. The number of β-amino-alcohol motifs (C(OH)–C–C–N with tert-alkyl or cyclic N) is 1. The highest BCUT2D eigenvalue weighted by molar-refractivity contribution is 5.96. The Morgan fingerprint density at radius 1 is 1.03 bits per heavy atom. The van der Waals surface area contributed by atoms with Crippen molar-refractivity contribution in [2.45, 2.75) is 70.1 Å². The molecule has 2 heterocycles. The minimum atomic E-state index is -4.12. The van der Waals surface area contributed by atoms with Crippen LogP contribution in [0.15, 0.2) is 18.2 Å². The van der Waals surface area contributed by atoms with Gasteiger partial charge in [-0.3, -0.25) is 4.79 Å². The molecule has 0 unspecified atom stereocenters. The second-order valence-electron chi connectivity index (χ2n) is 9.45. The van der Waals surface area contributed by atoms with Crippen LogP contribution in [-0.4, -0.2) is 48.3 Å². The van der Waals surface area contributed by atoms with Gasteiger partial charge in [-0.25, -0.2) is 0 Å². The summed E-state index contributed by atoms with van der Waals surface area (Å²) in [5.41, 5.74) is 2.83. The maximum atomic E-state index is 13.1. The van der Waals surface area contributed by atoms with E-state index in [4.69, 9.17) is 0 Å². The van der Waals surface area contributed by atoms with Gasteiger partial charge in [-0.1, -0.05) is 31.4 Å². The Labute approximate surface area is 182 Å². The Balaban J connectivity index is 1.39. The SMILES string of the molecule is O=C(C1CCCCC1)N1CCCc2cc([C@@H](O)CN3CCC(C(F)(F)F)CC3)ccc21. The van der Waals surface area contributed by atoms with Crippen LogP contribution in [-0.2, 0) is 11.2 Å². The molecule has 0 bridgehead atoms. The average Bonchev–Trinajstić information content (AvgIpc) is 2.78. The maximum absolute atomic E-state index is 13.1. The first kappa shape index (κ1) is 22.6. The van der Waals surface area contributed by atoms with Crippen molar-refractivity contribution in [3.63, 3.8) is 0 Å². The molecule has 1 aromatic rings. The normalized spacial score (nSPS) is 22.9. The number of amides is 1. The predicted octanol–water partition coefficient (Wildman–Crippen LogP) is 4.85. The summed E-state index contributed by atoms with van der Waals surface area (Å²) < 4.78 is 38.6. The number of nitrogens with zero attached hydrogens (tertiary/aromatic N) is 2. The number of aliphatic hydroxyl groups excluding tert-OH is 1. The Morgan fingerprint density at radius 3 is 2.42 bits per heavy atom. The van der Waals surface area contributed by atoms with Crippen LogP contribution >= 0.6 is 0 Å². The van der Waals surface area contributed by atoms with Gasteiger partial charge in [0.25, 0.3) is 0 Å². The molecule has 1 aromatic carbocycles. The zero-order chi connectivity index (χ0) is 22.0. The molecule has 0 aromatic heterocycles. The molecule has 0 spiro atoms. The van der Waals surface area contributed by atoms with E-state index < -0.39 is 18.2 Å². The van der Waals surface area contributed by atoms with Gasteiger partial charge >= 0.3 is 6.18 Å². The summed E-state index contributed by atoms with van der Waals surface area (Å²) in [6.45, 7) is 1.80. The number of fused-ring (bicyclic) bond motifs is 1. The lowest BCUT2D eigenvalue weighted by molar-refractivity contribution is -0.185. The highest BCUT2D eigenvalue weighted by Crippen LogP contribution is 2.36. The second kappa shape index (κ2) is 9.49. The lowest BCUT2D eigenvalue weighted by Crippen LogP contribution is -2.41. The van der Waals surface area contributed by atoms with E-state index in [2.05, 4.69) is 0 Å². The summed E-state index contributed by atoms with van der Waals surface area (Å²) in [7, 11) is 0. The van der Waals surface area contributed by atoms with Gasteiger partial charge < -0.3 is 14.9 Å². The summed E-state index contributed by atoms with van der Waals surface area (Å²) in [6, 6.07) is 5.81. The van der Waals surface area contributed by atoms with Crippen molar-refractivity contribution in [3.05, 3.63) is 29.3 Å². The van der Waals surface area contributed by atoms with E-state index in [1.165, 1.54) is 6.42 Å². The molecule has 1 saturated carbocycles. The first-order chi connectivity index (χ1) is 14.8. The Hall–Kier alpha value is -1.60. The number of hydrogen-bond acceptors (Lipinski definition) is 3. The molecule has 2 fully saturated rings. The van der Waals surface area contributed by atoms with Crippen LogP contribution in [0.2, 0.25) is 0 Å². The number of rotatable bonds is 4. The Kier molecular flexibility index (Phi) is 6.92. The van der Waals surface area contributed by atoms with E-state index in [1.807, 2.05) is 28.0 Å². The number of aliphatic hydroxyl groups is 1. The molecule has 4 nitrogen and oxygen atoms in total. The van der Waals surface area contributed by atoms with Crippen molar-refractivity contribution >= 4 is 11.6 Å². The van der Waals surface area contributed by atoms with E-state index in [1.54, 1.807) is 0 Å². The highest BCUT2D eigenvalue weighted by atomic mass is 19.4. The topological polar surface area (TPSA) is 43.8 Å². The van der Waals surface area contributed by atoms with Gasteiger partial charge in [-0.05, 0) is 68.8 Å². The van der Waals surface area contributed by atoms with E-state index in [0.29, 0.717) is 19.6 Å². The van der Waals surface area contributed by atoms with Crippen molar-refractivity contribution in [1.29, 1.82) is 0 Å². The molecule has 3 aliphatic rings. The highest BCUT2D eigenvalue weighted by Gasteiger charge is 2.41. The number of aryl methyl sites for hydroxylation is 1. The Bertz CT molecular complexity index is 769. The van der Waals surface area contributed by atoms with Crippen molar-refractivity contribution in [2.75, 3.05) is 31.1 Å². The van der Waals surface area contributed by atoms with Crippen LogP contribution in [0.3, 0.4) is 0 Å². The Morgan fingerprint density at radius 2 is 1.74 bits per heavy atom. The first-order valence-electron chi connectivity index (χ1n) is 11.7. The van der Waals surface area contributed by atoms with Crippen molar-refractivity contribution in [1.82, 2.24) is 4.90 Å². The molecule has 2 aliphatic heterocycles. The van der Waals surface area contributed by atoms with E-state index in [9.17, 15) is 23.1 Å². The van der Waals surface area contributed by atoms with E-state index >= 15 is 0 Å². The van der Waals surface area contributed by atoms with Crippen LogP contribution in [0.1, 0.15) is 68.6 Å². The van der Waals surface area contributed by atoms with Gasteiger partial charge in [-0.15, -0.1) is 0 Å². The summed E-state index contributed by atoms with van der Waals surface area (Å²) in [5, 5.41) is 10.7. The van der Waals surface area contributed by atoms with E-state index in [-0.39, 0.29) is 24.7 Å². The molecule has 4 rings (SSSR count). The van der Waals surface area contributed by atoms with Gasteiger partial charge in [-0.2, -0.15) is 13.2 Å². The van der Waals surface area contributed by atoms with Crippen LogP contribution in [0, 0.1) is 11.8 Å². The third-order valence-electron chi connectivity index (χ3n) is 7.31. The van der Waals surface area contributed by atoms with Crippen LogP contribution in [0.5, 0.6) is 0 Å². The van der Waals surface area contributed by atoms with Crippen LogP contribution in [0.25, 0.3) is 0 Å². The zero-order valence-corrected chi connectivity index (χ0v) is 18.0. The summed E-state index contributed by atoms with van der Waals surface area (Å²) in [6.07, 6.45) is 2.55. The molecule has 31 heavy (non-hydrogen) atoms. The standard InChI is InChI=1S/C24H33F3N2O2/c25-24(26,27)20-10-13-28(14-11-20)16-22(30)19-8-9-21-18(15-19)7-4-12-29(21)23(31)17-5-2-1-3-6-17/h8-9,15,17,20,22,30H,1-7,10-14,16H2/t22-/m0/s1. The largest absolute Gasteiger partial charge is 0.391 e. The van der Waals surface area contributed by atoms with Crippen LogP contribution in [0.4, 0.5) is 18.9 Å². The minimum absolute atomic E-state index is 0.0959. The molecular weight excluding hydrogens is 405 g/mol. The molecule has 172 valence electrons. The fraction of sp³-hybridized carbons (Fsp3) is 0.708. The summed E-state index contributed by atoms with van der Waals surface area (Å²) in [4.78, 5) is 16.9. The number of anilines is 1. The fourth-order valence-electron chi connectivity index (χ4n) is 5.42. The van der Waals surface area contributed by atoms with Crippen molar-refractivity contribution in [2.24, 2.45) is 11.8 Å². The lowest BCUT2D eigenvalue weighted by atomic mass is 9.87. The first-order valence-corrected chi connectivity index (χ1v) is 11.7. The number of benzene rings is 1. The quantitative estimate of drug-likeness (QED) is 0.731. The molecule has 1 amide bonds. The number of carbonyl (C=O) groups is 1. The third kappa shape index (κ3) is 5.25. The van der Waals surface area contributed by atoms with Crippen LogP contribution < -0.4 is 4.90 Å². The number of halogens is 3. The van der Waals surface area contributed by atoms with Crippen molar-refractivity contribution < 1.29 is 23.1 Å². The summed E-state index contributed by atoms with van der Waals surface area (Å²) in [5.74, 6) is -0.858. The molecule has 1 N–H and O–H groups in total. The number of carbonyl (C=O) groups excluding carboxylic acids is 1. The molecule has 7 heteroatoms. The molecule has 1 aliphatic carbocycles. The van der Waals surface area contributed by atoms with E-state index in [0.717, 1.165) is 61.9 Å². The number of likely N-dealkylation sites (tertiary alicyclic amines) is 1. The monoisotopic (exact) mass is 438 g/mol. The van der Waals surface area contributed by atoms with Crippen molar-refractivity contribution in [3.8, 4) is 0 Å². The molecule has 1 atom stereocenters. The smallest absolute Gasteiger partial charge is 0.387 e. The zero-order valence-electron chi connectivity index (χ0n) is 18.0. The minimum Gasteiger partial charge on any atom is -0.387 e. The van der Waals surface area contributed by atoms with Gasteiger partial charge in [0.2, 0.25) is 5.91 Å². The lowest BCUT2D eigenvalue weighted by Gasteiger charge is -2.35. The summed E-state index contributed by atoms with van der Waals surface area (Å²) >= 11 is 0. The number of piperidine rings is 1. The molecular formula is C24H33F3N2O2. The second-order valence-corrected chi connectivity index (χ2v) is 9.45. The van der Waals surface area contributed by atoms with Gasteiger partial charge in [0.15, 0.2) is 0 Å². The third-order valence-corrected chi connectivity index (χ3v) is 7.31. The maximum Gasteiger partial charge on any atom is 0.391 e. The average molecular weight is 439 g/mol. The van der Waals surface area contributed by atoms with Gasteiger partial charge in [0.05, 0.1) is 12.0 Å². The number of hydrogen-bond donors (Lipinski definition) is 1. The van der Waals surface area contributed by atoms with Gasteiger partial charge in [0.1, 0.15) is 0 Å². The van der Waals surface area contributed by atoms with Gasteiger partial charge in [0, 0.05) is 24.7 Å². The number of alkyl halides is 3.